The van der Waals surface area contributed by atoms with Crippen LogP contribution in [0.3, 0.4) is 0 Å². The Bertz CT molecular complexity index is 1230. The molecule has 7 nitrogen and oxygen atoms in total. The number of nitrogens with one attached hydrogen (secondary N) is 1. The van der Waals surface area contributed by atoms with Gasteiger partial charge in [-0.1, -0.05) is 35.5 Å². The normalized spacial score (nSPS) is 17.2. The quantitative estimate of drug-likeness (QED) is 0.554. The summed E-state index contributed by atoms with van der Waals surface area (Å²) >= 11 is 1.47. The Labute approximate surface area is 210 Å². The minimum absolute atomic E-state index is 0.104. The van der Waals surface area contributed by atoms with Crippen molar-refractivity contribution < 1.29 is 14.3 Å². The third-order valence-corrected chi connectivity index (χ3v) is 6.76. The van der Waals surface area contributed by atoms with Gasteiger partial charge >= 0.3 is 5.97 Å². The molecule has 0 aliphatic carbocycles. The molecule has 0 radical (unpaired) electrons. The number of esters is 1. The molecule has 4 rings (SSSR count). The number of nitrogens with zero attached hydrogens (tertiary/aromatic N) is 3. The highest BCUT2D eigenvalue weighted by atomic mass is 32.2. The van der Waals surface area contributed by atoms with E-state index in [0.717, 1.165) is 33.1 Å². The number of pyridine rings is 1. The largest absolute Gasteiger partial charge is 0.459 e. The Morgan fingerprint density at radius 1 is 1.14 bits per heavy atom. The summed E-state index contributed by atoms with van der Waals surface area (Å²) in [4.78, 5) is 36.9. The molecule has 0 bridgehead atoms. The molecule has 2 aliphatic rings. The number of hydrogen-bond acceptors (Lipinski definition) is 7. The van der Waals surface area contributed by atoms with Crippen molar-refractivity contribution in [2.45, 2.75) is 59.7 Å². The zero-order valence-corrected chi connectivity index (χ0v) is 21.5. The van der Waals surface area contributed by atoms with Gasteiger partial charge in [-0.05, 0) is 68.8 Å². The van der Waals surface area contributed by atoms with Crippen LogP contribution < -0.4 is 5.32 Å². The first-order valence-corrected chi connectivity index (χ1v) is 12.5. The van der Waals surface area contributed by atoms with E-state index in [0.29, 0.717) is 17.8 Å². The Morgan fingerprint density at radius 3 is 2.60 bits per heavy atom. The van der Waals surface area contributed by atoms with Crippen LogP contribution in [-0.2, 0) is 20.9 Å². The van der Waals surface area contributed by atoms with Crippen LogP contribution in [0, 0.1) is 13.8 Å². The van der Waals surface area contributed by atoms with E-state index in [1.54, 1.807) is 12.4 Å². The molecule has 1 unspecified atom stereocenters. The number of aryl methyl sites for hydroxylation is 2. The summed E-state index contributed by atoms with van der Waals surface area (Å²) in [7, 11) is 0. The van der Waals surface area contributed by atoms with E-state index in [-0.39, 0.29) is 24.4 Å². The van der Waals surface area contributed by atoms with Crippen molar-refractivity contribution in [1.29, 1.82) is 0 Å². The van der Waals surface area contributed by atoms with Crippen molar-refractivity contribution in [3.05, 3.63) is 87.4 Å². The SMILES string of the molecule is CC1=C(C(=O)OC(C)C)C(c2cc(C)ccc2C)N2C(CC(=O)NCc3ccncc3)=CSC2=N1. The molecular weight excluding hydrogens is 460 g/mol. The number of hydrogen-bond donors (Lipinski definition) is 1. The summed E-state index contributed by atoms with van der Waals surface area (Å²) in [6.45, 7) is 10.0. The average Bonchev–Trinajstić information content (AvgIpc) is 3.20. The molecule has 35 heavy (non-hydrogen) atoms. The highest BCUT2D eigenvalue weighted by Gasteiger charge is 2.41. The molecular formula is C27H30N4O3S. The summed E-state index contributed by atoms with van der Waals surface area (Å²) < 4.78 is 5.63. The van der Waals surface area contributed by atoms with Crippen molar-refractivity contribution in [1.82, 2.24) is 15.2 Å². The standard InChI is InChI=1S/C27H30N4O3S/c1-16(2)34-26(33)24-19(5)30-27-31(25(24)22-12-17(3)6-7-18(22)4)21(15-35-27)13-23(32)29-14-20-8-10-28-11-9-20/h6-12,15-16,25H,13-14H2,1-5H3,(H,29,32). The number of benzene rings is 1. The van der Waals surface area contributed by atoms with Crippen LogP contribution in [0.2, 0.25) is 0 Å². The van der Waals surface area contributed by atoms with Gasteiger partial charge in [0.15, 0.2) is 5.17 Å². The molecule has 1 aromatic carbocycles. The molecule has 0 saturated heterocycles. The van der Waals surface area contributed by atoms with E-state index < -0.39 is 6.04 Å². The lowest BCUT2D eigenvalue weighted by molar-refractivity contribution is -0.143. The fraction of sp³-hybridized carbons (Fsp3) is 0.333. The Balaban J connectivity index is 1.66. The van der Waals surface area contributed by atoms with E-state index in [1.165, 1.54) is 11.8 Å². The minimum Gasteiger partial charge on any atom is -0.459 e. The van der Waals surface area contributed by atoms with Gasteiger partial charge in [-0.2, -0.15) is 0 Å². The number of amidine groups is 1. The fourth-order valence-electron chi connectivity index (χ4n) is 4.19. The van der Waals surface area contributed by atoms with Gasteiger partial charge in [0, 0.05) is 24.6 Å². The van der Waals surface area contributed by atoms with E-state index in [4.69, 9.17) is 9.73 Å². The van der Waals surface area contributed by atoms with E-state index in [1.807, 2.05) is 57.1 Å². The second-order valence-corrected chi connectivity index (χ2v) is 9.85. The van der Waals surface area contributed by atoms with Crippen LogP contribution in [0.1, 0.15) is 55.5 Å². The lowest BCUT2D eigenvalue weighted by atomic mass is 9.90. The van der Waals surface area contributed by atoms with Crippen molar-refractivity contribution in [3.63, 3.8) is 0 Å². The maximum atomic E-state index is 13.3. The van der Waals surface area contributed by atoms with Crippen molar-refractivity contribution >= 4 is 28.8 Å². The van der Waals surface area contributed by atoms with Crippen LogP contribution in [0.5, 0.6) is 0 Å². The fourth-order valence-corrected chi connectivity index (χ4v) is 5.15. The zero-order valence-electron chi connectivity index (χ0n) is 20.7. The molecule has 2 aliphatic heterocycles. The summed E-state index contributed by atoms with van der Waals surface area (Å²) in [6, 6.07) is 9.53. The van der Waals surface area contributed by atoms with Crippen molar-refractivity contribution in [2.75, 3.05) is 0 Å². The zero-order chi connectivity index (χ0) is 25.1. The van der Waals surface area contributed by atoms with Gasteiger partial charge in [-0.15, -0.1) is 0 Å². The first-order chi connectivity index (χ1) is 16.7. The number of allylic oxidation sites excluding steroid dienone is 1. The number of amides is 1. The topological polar surface area (TPSA) is 83.9 Å². The van der Waals surface area contributed by atoms with Crippen LogP contribution in [-0.4, -0.2) is 33.0 Å². The van der Waals surface area contributed by atoms with Crippen LogP contribution in [0.4, 0.5) is 0 Å². The molecule has 1 amide bonds. The number of rotatable bonds is 7. The Morgan fingerprint density at radius 2 is 1.89 bits per heavy atom. The molecule has 3 heterocycles. The Hall–Kier alpha value is -3.39. The summed E-state index contributed by atoms with van der Waals surface area (Å²) in [5, 5.41) is 5.69. The second-order valence-electron chi connectivity index (χ2n) is 9.02. The van der Waals surface area contributed by atoms with Crippen LogP contribution >= 0.6 is 11.8 Å². The van der Waals surface area contributed by atoms with Gasteiger partial charge in [0.05, 0.1) is 29.8 Å². The number of carbonyl (C=O) groups is 2. The summed E-state index contributed by atoms with van der Waals surface area (Å²) in [6.07, 6.45) is 3.32. The van der Waals surface area contributed by atoms with E-state index in [9.17, 15) is 9.59 Å². The van der Waals surface area contributed by atoms with Gasteiger partial charge in [0.2, 0.25) is 5.91 Å². The molecule has 1 aromatic heterocycles. The minimum atomic E-state index is -0.428. The molecule has 2 aromatic rings. The van der Waals surface area contributed by atoms with E-state index in [2.05, 4.69) is 28.5 Å². The molecule has 182 valence electrons. The predicted molar refractivity (Wildman–Crippen MR) is 138 cm³/mol. The van der Waals surface area contributed by atoms with Crippen molar-refractivity contribution in [3.8, 4) is 0 Å². The molecule has 1 N–H and O–H groups in total. The van der Waals surface area contributed by atoms with Crippen molar-refractivity contribution in [2.24, 2.45) is 4.99 Å². The lowest BCUT2D eigenvalue weighted by Crippen LogP contribution is -2.38. The number of ether oxygens (including phenoxy) is 1. The summed E-state index contributed by atoms with van der Waals surface area (Å²) in [5.74, 6) is -0.489. The second kappa shape index (κ2) is 10.5. The third-order valence-electron chi connectivity index (χ3n) is 5.87. The number of aliphatic imine (C=N–C) groups is 1. The lowest BCUT2D eigenvalue weighted by Gasteiger charge is -2.37. The monoisotopic (exact) mass is 490 g/mol. The molecule has 8 heteroatoms. The maximum Gasteiger partial charge on any atom is 0.338 e. The van der Waals surface area contributed by atoms with Gasteiger partial charge < -0.3 is 15.0 Å². The molecule has 0 spiro atoms. The molecule has 0 fully saturated rings. The van der Waals surface area contributed by atoms with Gasteiger partial charge in [-0.3, -0.25) is 9.78 Å². The highest BCUT2D eigenvalue weighted by molar-refractivity contribution is 8.16. The first kappa shape index (κ1) is 24.7. The third kappa shape index (κ3) is 5.48. The highest BCUT2D eigenvalue weighted by Crippen LogP contribution is 2.45. The van der Waals surface area contributed by atoms with Gasteiger partial charge in [-0.25, -0.2) is 9.79 Å². The number of thioether (sulfide) groups is 1. The molecule has 0 saturated carbocycles. The summed E-state index contributed by atoms with van der Waals surface area (Å²) in [5.41, 5.74) is 6.07. The average molecular weight is 491 g/mol. The van der Waals surface area contributed by atoms with Crippen LogP contribution in [0.15, 0.2) is 70.1 Å². The number of carbonyl (C=O) groups excluding carboxylic acids is 2. The maximum absolute atomic E-state index is 13.3. The Kier molecular flexibility index (Phi) is 7.40. The molecule has 1 atom stereocenters. The number of aromatic nitrogens is 1. The predicted octanol–water partition coefficient (Wildman–Crippen LogP) is 4.93. The first-order valence-electron chi connectivity index (χ1n) is 11.6. The smallest absolute Gasteiger partial charge is 0.338 e. The van der Waals surface area contributed by atoms with Gasteiger partial charge in [0.1, 0.15) is 0 Å². The van der Waals surface area contributed by atoms with E-state index >= 15 is 0 Å². The van der Waals surface area contributed by atoms with Gasteiger partial charge in [0.25, 0.3) is 0 Å². The number of fused-ring (bicyclic) bond motifs is 1. The van der Waals surface area contributed by atoms with Crippen LogP contribution in [0.25, 0.3) is 0 Å².